The molecule has 0 radical (unpaired) electrons. The van der Waals surface area contributed by atoms with Gasteiger partial charge >= 0.3 is 0 Å². The molecule has 0 unspecified atom stereocenters. The number of nitrogens with zero attached hydrogens (tertiary/aromatic N) is 7. The second-order valence-corrected chi connectivity index (χ2v) is 17.6. The zero-order valence-electron chi connectivity index (χ0n) is 32.0. The molecule has 7 N–H and O–H groups in total. The molecule has 1 heterocycles. The minimum atomic E-state index is -4.46. The number of nitrogens with one attached hydrogen (secondary N) is 3. The fourth-order valence-electron chi connectivity index (χ4n) is 4.90. The molecular weight excluding hydrogens is 901 g/mol. The molecule has 330 valence electrons. The summed E-state index contributed by atoms with van der Waals surface area (Å²) in [5.74, 6) is -1.02. The van der Waals surface area contributed by atoms with E-state index in [1.165, 1.54) is 37.4 Å². The van der Waals surface area contributed by atoms with Gasteiger partial charge in [0.05, 0.1) is 76.3 Å². The van der Waals surface area contributed by atoms with Crippen LogP contribution in [0.4, 0.5) is 52.0 Å². The molecule has 1 aromatic heterocycles. The molecule has 0 amide bonds. The summed E-state index contributed by atoms with van der Waals surface area (Å²) in [7, 11) is -11.6. The maximum Gasteiger partial charge on any atom is 0.294 e. The molecule has 0 saturated heterocycles. The number of hydrogen-bond donors (Lipinski definition) is 7. The van der Waals surface area contributed by atoms with Gasteiger partial charge < -0.3 is 25.4 Å². The standard InChI is InChI=1S/C34H36N10O14S4/c1-55-30-20-24(43-42-23-7-5-9-27(19-23)62(52,53)54)10-12-28(30)36-33-38-32(35-14-17-61(49,50)51)39-34(40-33)37-29-13-11-25(21-31(29)56-15-2-3-16-60(46,47)48)44-41-22-6-4-8-26(18-22)59-58-57-45/h4-13,18-21,45H,2-3,14-17H2,1H3,(H,46,47,48)(H,49,50,51)(H,52,53,54)(H3,35,36,37,38,39,40). The molecule has 0 atom stereocenters. The summed E-state index contributed by atoms with van der Waals surface area (Å²) in [4.78, 5) is 13.3. The fraction of sp³-hybridized carbons (Fsp3) is 0.206. The minimum absolute atomic E-state index is 0.00967. The quantitative estimate of drug-likeness (QED) is 0.00848. The number of unbranched alkanes of at least 4 members (excludes halogenated alkanes) is 1. The smallest absolute Gasteiger partial charge is 0.294 e. The Morgan fingerprint density at radius 3 is 1.77 bits per heavy atom. The van der Waals surface area contributed by atoms with E-state index in [1.54, 1.807) is 48.5 Å². The Kier molecular flexibility index (Phi) is 16.5. The first-order valence-electron chi connectivity index (χ1n) is 17.5. The van der Waals surface area contributed by atoms with Crippen LogP contribution in [0.5, 0.6) is 11.5 Å². The van der Waals surface area contributed by atoms with Gasteiger partial charge in [0.25, 0.3) is 30.4 Å². The lowest BCUT2D eigenvalue weighted by Crippen LogP contribution is -2.17. The van der Waals surface area contributed by atoms with Crippen molar-refractivity contribution >= 4 is 94.4 Å². The van der Waals surface area contributed by atoms with Crippen LogP contribution in [-0.4, -0.2) is 90.9 Å². The molecule has 0 aliphatic carbocycles. The summed E-state index contributed by atoms with van der Waals surface area (Å²) in [5, 5.41) is 37.4. The first kappa shape index (κ1) is 47.1. The Bertz CT molecular complexity index is 2750. The third-order valence-electron chi connectivity index (χ3n) is 7.63. The van der Waals surface area contributed by atoms with Crippen LogP contribution in [0.25, 0.3) is 0 Å². The Morgan fingerprint density at radius 2 is 1.19 bits per heavy atom. The number of methoxy groups -OCH3 is 1. The van der Waals surface area contributed by atoms with E-state index in [-0.39, 0.29) is 71.6 Å². The number of azo groups is 2. The predicted molar refractivity (Wildman–Crippen MR) is 224 cm³/mol. The molecule has 0 aliphatic rings. The molecule has 0 bridgehead atoms. The van der Waals surface area contributed by atoms with Crippen LogP contribution >= 0.6 is 12.0 Å². The van der Waals surface area contributed by atoms with Gasteiger partial charge in [0, 0.05) is 23.6 Å². The van der Waals surface area contributed by atoms with Crippen molar-refractivity contribution in [3.8, 4) is 11.5 Å². The van der Waals surface area contributed by atoms with Gasteiger partial charge in [-0.05, 0) is 73.5 Å². The summed E-state index contributed by atoms with van der Waals surface area (Å²) in [6, 6.07) is 21.1. The normalized spacial score (nSPS) is 12.1. The lowest BCUT2D eigenvalue weighted by atomic mass is 10.2. The summed E-state index contributed by atoms with van der Waals surface area (Å²) in [6.07, 6.45) is 0.333. The molecule has 62 heavy (non-hydrogen) atoms. The zero-order chi connectivity index (χ0) is 44.8. The Hall–Kier alpha value is -5.95. The fourth-order valence-corrected chi connectivity index (χ4v) is 6.76. The van der Waals surface area contributed by atoms with Crippen molar-refractivity contribution in [1.29, 1.82) is 0 Å². The molecular formula is C34H36N10O14S4. The van der Waals surface area contributed by atoms with Crippen molar-refractivity contribution < 1.29 is 63.0 Å². The zero-order valence-corrected chi connectivity index (χ0v) is 35.2. The second-order valence-electron chi connectivity index (χ2n) is 12.3. The summed E-state index contributed by atoms with van der Waals surface area (Å²) in [6.45, 7) is -0.283. The Morgan fingerprint density at radius 1 is 0.645 bits per heavy atom. The van der Waals surface area contributed by atoms with Gasteiger partial charge in [0.2, 0.25) is 17.8 Å². The maximum atomic E-state index is 11.5. The molecule has 0 spiro atoms. The van der Waals surface area contributed by atoms with Crippen LogP contribution < -0.4 is 25.4 Å². The van der Waals surface area contributed by atoms with Gasteiger partial charge in [0.1, 0.15) is 11.5 Å². The van der Waals surface area contributed by atoms with Crippen LogP contribution in [0.1, 0.15) is 12.8 Å². The van der Waals surface area contributed by atoms with Gasteiger partial charge in [0.15, 0.2) is 0 Å². The number of anilines is 5. The van der Waals surface area contributed by atoms with E-state index >= 15 is 0 Å². The summed E-state index contributed by atoms with van der Waals surface area (Å²) >= 11 is 0.735. The molecule has 24 nitrogen and oxygen atoms in total. The van der Waals surface area contributed by atoms with Gasteiger partial charge in [-0.15, -0.1) is 4.33 Å². The second kappa shape index (κ2) is 21.7. The van der Waals surface area contributed by atoms with Crippen LogP contribution in [0.2, 0.25) is 0 Å². The first-order valence-corrected chi connectivity index (χ1v) is 22.9. The summed E-state index contributed by atoms with van der Waals surface area (Å²) < 4.78 is 112. The van der Waals surface area contributed by atoms with Gasteiger partial charge in [-0.1, -0.05) is 17.2 Å². The van der Waals surface area contributed by atoms with Crippen molar-refractivity contribution in [2.24, 2.45) is 20.5 Å². The summed E-state index contributed by atoms with van der Waals surface area (Å²) in [5.41, 5.74) is 1.79. The van der Waals surface area contributed by atoms with E-state index in [2.05, 4.69) is 60.7 Å². The molecule has 0 saturated carbocycles. The number of benzene rings is 4. The lowest BCUT2D eigenvalue weighted by molar-refractivity contribution is -0.432. The van der Waals surface area contributed by atoms with Crippen LogP contribution in [0.15, 0.2) is 115 Å². The minimum Gasteiger partial charge on any atom is -0.494 e. The van der Waals surface area contributed by atoms with Crippen molar-refractivity contribution in [3.63, 3.8) is 0 Å². The van der Waals surface area contributed by atoms with E-state index in [9.17, 15) is 34.4 Å². The topological polar surface area (TPSA) is 344 Å². The van der Waals surface area contributed by atoms with Gasteiger partial charge in [-0.25, -0.2) is 5.26 Å². The van der Waals surface area contributed by atoms with Crippen molar-refractivity contribution in [2.75, 3.05) is 47.7 Å². The highest BCUT2D eigenvalue weighted by Gasteiger charge is 2.15. The average Bonchev–Trinajstić information content (AvgIpc) is 3.21. The predicted octanol–water partition coefficient (Wildman–Crippen LogP) is 7.22. The van der Waals surface area contributed by atoms with Gasteiger partial charge in [-0.3, -0.25) is 13.7 Å². The monoisotopic (exact) mass is 936 g/mol. The molecule has 5 aromatic rings. The average molecular weight is 937 g/mol. The SMILES string of the molecule is COc1cc(N=Nc2cccc(S(=O)(=O)O)c2)ccc1Nc1nc(NCCS(=O)(=O)O)nc(Nc2ccc(N=Nc3cccc(SOOO)c3)cc2OCCCCS(=O)(=O)O)n1. The third kappa shape index (κ3) is 15.8. The Balaban J connectivity index is 1.43. The lowest BCUT2D eigenvalue weighted by Gasteiger charge is -2.15. The highest BCUT2D eigenvalue weighted by molar-refractivity contribution is 7.94. The van der Waals surface area contributed by atoms with Crippen molar-refractivity contribution in [1.82, 2.24) is 15.0 Å². The highest BCUT2D eigenvalue weighted by atomic mass is 32.2. The molecule has 28 heteroatoms. The van der Waals surface area contributed by atoms with Crippen molar-refractivity contribution in [3.05, 3.63) is 84.9 Å². The van der Waals surface area contributed by atoms with Crippen LogP contribution in [0.3, 0.4) is 0 Å². The molecule has 4 aromatic carbocycles. The molecule has 0 aliphatic heterocycles. The van der Waals surface area contributed by atoms with E-state index in [0.29, 0.717) is 27.6 Å². The van der Waals surface area contributed by atoms with Crippen LogP contribution in [-0.2, 0) is 39.7 Å². The number of ether oxygens (including phenoxy) is 2. The third-order valence-corrected chi connectivity index (χ3v) is 10.6. The van der Waals surface area contributed by atoms with Crippen LogP contribution in [0, 0.1) is 0 Å². The maximum absolute atomic E-state index is 11.5. The first-order chi connectivity index (χ1) is 29.5. The number of aromatic nitrogens is 3. The molecule has 0 fully saturated rings. The van der Waals surface area contributed by atoms with E-state index < -0.39 is 41.9 Å². The van der Waals surface area contributed by atoms with E-state index in [1.807, 2.05) is 0 Å². The molecule has 5 rings (SSSR count). The number of rotatable bonds is 23. The van der Waals surface area contributed by atoms with Gasteiger partial charge in [-0.2, -0.15) is 60.7 Å². The van der Waals surface area contributed by atoms with Crippen molar-refractivity contribution in [2.45, 2.75) is 22.6 Å². The largest absolute Gasteiger partial charge is 0.494 e. The Labute approximate surface area is 358 Å². The van der Waals surface area contributed by atoms with E-state index in [0.717, 1.165) is 18.1 Å². The number of hydrogen-bond acceptors (Lipinski definition) is 22. The van der Waals surface area contributed by atoms with E-state index in [4.69, 9.17) is 19.3 Å². The highest BCUT2D eigenvalue weighted by Crippen LogP contribution is 2.35.